The van der Waals surface area contributed by atoms with Crippen LogP contribution in [0.15, 0.2) is 30.3 Å². The minimum atomic E-state index is -0.310. The SMILES string of the molecule is Cc1cc(O)c(O)cc1O.Oc1ccc(O)c(O)c1. The van der Waals surface area contributed by atoms with Gasteiger partial charge >= 0.3 is 0 Å². The lowest BCUT2D eigenvalue weighted by Crippen LogP contribution is -1.74. The number of phenols is 6. The molecule has 0 aliphatic rings. The van der Waals surface area contributed by atoms with E-state index in [-0.39, 0.29) is 34.5 Å². The van der Waals surface area contributed by atoms with Gasteiger partial charge in [-0.3, -0.25) is 0 Å². The van der Waals surface area contributed by atoms with Crippen LogP contribution in [0.25, 0.3) is 0 Å². The number of phenolic OH excluding ortho intramolecular Hbond substituents is 6. The fourth-order valence-corrected chi connectivity index (χ4v) is 1.18. The molecule has 0 aromatic heterocycles. The summed E-state index contributed by atoms with van der Waals surface area (Å²) in [6.45, 7) is 1.63. The highest BCUT2D eigenvalue weighted by molar-refractivity contribution is 5.47. The van der Waals surface area contributed by atoms with E-state index >= 15 is 0 Å². The molecule has 0 aliphatic heterocycles. The summed E-state index contributed by atoms with van der Waals surface area (Å²) in [7, 11) is 0. The molecule has 2 aromatic carbocycles. The van der Waals surface area contributed by atoms with Gasteiger partial charge in [0.2, 0.25) is 0 Å². The molecular formula is C13H14O6. The summed E-state index contributed by atoms with van der Waals surface area (Å²) in [6.07, 6.45) is 0. The third kappa shape index (κ3) is 3.88. The van der Waals surface area contributed by atoms with Crippen LogP contribution in [0.1, 0.15) is 5.56 Å². The van der Waals surface area contributed by atoms with Crippen molar-refractivity contribution in [2.45, 2.75) is 6.92 Å². The number of aryl methyl sites for hydroxylation is 1. The third-order valence-electron chi connectivity index (χ3n) is 2.25. The zero-order chi connectivity index (χ0) is 14.6. The molecule has 0 bridgehead atoms. The Kier molecular flexibility index (Phi) is 4.31. The van der Waals surface area contributed by atoms with E-state index in [9.17, 15) is 0 Å². The minimum Gasteiger partial charge on any atom is -0.508 e. The molecule has 2 aromatic rings. The third-order valence-corrected chi connectivity index (χ3v) is 2.25. The second-order valence-electron chi connectivity index (χ2n) is 3.80. The molecule has 2 rings (SSSR count). The van der Waals surface area contributed by atoms with Crippen molar-refractivity contribution in [2.24, 2.45) is 0 Å². The Balaban J connectivity index is 0.000000191. The maximum Gasteiger partial charge on any atom is 0.161 e. The van der Waals surface area contributed by atoms with Crippen LogP contribution in [-0.2, 0) is 0 Å². The number of hydrogen-bond acceptors (Lipinski definition) is 6. The van der Waals surface area contributed by atoms with Gasteiger partial charge in [0.15, 0.2) is 23.0 Å². The van der Waals surface area contributed by atoms with Crippen molar-refractivity contribution in [1.29, 1.82) is 0 Å². The normalized spacial score (nSPS) is 9.53. The number of benzene rings is 2. The van der Waals surface area contributed by atoms with Crippen LogP contribution in [0.2, 0.25) is 0 Å². The van der Waals surface area contributed by atoms with Gasteiger partial charge in [-0.1, -0.05) is 0 Å². The molecule has 6 heteroatoms. The lowest BCUT2D eigenvalue weighted by molar-refractivity contribution is 0.395. The van der Waals surface area contributed by atoms with E-state index in [1.807, 2.05) is 0 Å². The molecular weight excluding hydrogens is 252 g/mol. The van der Waals surface area contributed by atoms with E-state index in [0.29, 0.717) is 5.56 Å². The summed E-state index contributed by atoms with van der Waals surface area (Å²) in [5.74, 6) is -1.14. The van der Waals surface area contributed by atoms with E-state index < -0.39 is 0 Å². The molecule has 0 saturated heterocycles. The second-order valence-corrected chi connectivity index (χ2v) is 3.80. The molecule has 0 spiro atoms. The average molecular weight is 266 g/mol. The Labute approximate surface area is 109 Å². The molecule has 0 saturated carbocycles. The molecule has 0 radical (unpaired) electrons. The molecule has 102 valence electrons. The summed E-state index contributed by atoms with van der Waals surface area (Å²) in [5.41, 5.74) is 0.537. The van der Waals surface area contributed by atoms with Crippen molar-refractivity contribution in [3.63, 3.8) is 0 Å². The molecule has 0 heterocycles. The largest absolute Gasteiger partial charge is 0.508 e. The fraction of sp³-hybridized carbons (Fsp3) is 0.0769. The van der Waals surface area contributed by atoms with Gasteiger partial charge in [-0.2, -0.15) is 0 Å². The van der Waals surface area contributed by atoms with Crippen molar-refractivity contribution in [2.75, 3.05) is 0 Å². The molecule has 6 nitrogen and oxygen atoms in total. The quantitative estimate of drug-likeness (QED) is 0.320. The summed E-state index contributed by atoms with van der Waals surface area (Å²) >= 11 is 0. The van der Waals surface area contributed by atoms with E-state index in [1.54, 1.807) is 6.92 Å². The maximum absolute atomic E-state index is 8.95. The van der Waals surface area contributed by atoms with Gasteiger partial charge in [0.05, 0.1) is 0 Å². The summed E-state index contributed by atoms with van der Waals surface area (Å²) in [6, 6.07) is 5.96. The van der Waals surface area contributed by atoms with Gasteiger partial charge in [-0.15, -0.1) is 0 Å². The van der Waals surface area contributed by atoms with Crippen LogP contribution < -0.4 is 0 Å². The fourth-order valence-electron chi connectivity index (χ4n) is 1.18. The summed E-state index contributed by atoms with van der Waals surface area (Å²) < 4.78 is 0. The predicted octanol–water partition coefficient (Wildman–Crippen LogP) is 1.92. The Morgan fingerprint density at radius 1 is 0.579 bits per heavy atom. The average Bonchev–Trinajstić information content (AvgIpc) is 2.33. The number of rotatable bonds is 0. The molecule has 19 heavy (non-hydrogen) atoms. The van der Waals surface area contributed by atoms with E-state index in [4.69, 9.17) is 30.6 Å². The number of hydrogen-bond donors (Lipinski definition) is 6. The Morgan fingerprint density at radius 3 is 1.58 bits per heavy atom. The first kappa shape index (κ1) is 14.3. The Morgan fingerprint density at radius 2 is 1.11 bits per heavy atom. The van der Waals surface area contributed by atoms with Gasteiger partial charge in [-0.05, 0) is 30.7 Å². The second kappa shape index (κ2) is 5.72. The van der Waals surface area contributed by atoms with Crippen molar-refractivity contribution in [3.8, 4) is 34.5 Å². The highest BCUT2D eigenvalue weighted by Gasteiger charge is 2.02. The zero-order valence-corrected chi connectivity index (χ0v) is 10.1. The Bertz CT molecular complexity index is 529. The molecule has 0 amide bonds. The highest BCUT2D eigenvalue weighted by atomic mass is 16.3. The van der Waals surface area contributed by atoms with Crippen LogP contribution in [0.3, 0.4) is 0 Å². The van der Waals surface area contributed by atoms with Gasteiger partial charge in [0.1, 0.15) is 11.5 Å². The van der Waals surface area contributed by atoms with Crippen LogP contribution in [-0.4, -0.2) is 30.6 Å². The summed E-state index contributed by atoms with van der Waals surface area (Å²) in [5, 5.41) is 52.7. The first-order valence-corrected chi connectivity index (χ1v) is 5.23. The maximum atomic E-state index is 8.95. The monoisotopic (exact) mass is 266 g/mol. The van der Waals surface area contributed by atoms with Crippen molar-refractivity contribution in [3.05, 3.63) is 35.9 Å². The van der Waals surface area contributed by atoms with Gasteiger partial charge in [0.25, 0.3) is 0 Å². The molecule has 0 atom stereocenters. The summed E-state index contributed by atoms with van der Waals surface area (Å²) in [4.78, 5) is 0. The van der Waals surface area contributed by atoms with Gasteiger partial charge in [-0.25, -0.2) is 0 Å². The topological polar surface area (TPSA) is 121 Å². The van der Waals surface area contributed by atoms with E-state index in [1.165, 1.54) is 18.2 Å². The van der Waals surface area contributed by atoms with Gasteiger partial charge < -0.3 is 30.6 Å². The predicted molar refractivity (Wildman–Crippen MR) is 67.6 cm³/mol. The van der Waals surface area contributed by atoms with E-state index in [2.05, 4.69) is 0 Å². The lowest BCUT2D eigenvalue weighted by Gasteiger charge is -2.00. The smallest absolute Gasteiger partial charge is 0.161 e. The van der Waals surface area contributed by atoms with E-state index in [0.717, 1.165) is 12.1 Å². The number of aromatic hydroxyl groups is 6. The van der Waals surface area contributed by atoms with Crippen LogP contribution in [0.4, 0.5) is 0 Å². The highest BCUT2D eigenvalue weighted by Crippen LogP contribution is 2.31. The van der Waals surface area contributed by atoms with Gasteiger partial charge in [0, 0.05) is 12.1 Å². The van der Waals surface area contributed by atoms with Crippen molar-refractivity contribution >= 4 is 0 Å². The zero-order valence-electron chi connectivity index (χ0n) is 10.1. The molecule has 0 fully saturated rings. The Hall–Kier alpha value is -2.76. The molecule has 0 aliphatic carbocycles. The van der Waals surface area contributed by atoms with Crippen LogP contribution >= 0.6 is 0 Å². The minimum absolute atomic E-state index is 0.0182. The molecule has 6 N–H and O–H groups in total. The first-order chi connectivity index (χ1) is 8.81. The first-order valence-electron chi connectivity index (χ1n) is 5.23. The van der Waals surface area contributed by atoms with Crippen LogP contribution in [0, 0.1) is 6.92 Å². The standard InChI is InChI=1S/C7H8O3.C6H6O3/c1-4-2-6(9)7(10)3-5(4)8;7-4-1-2-5(8)6(9)3-4/h2-3,8-10H,1H3;1-3,7-9H. The van der Waals surface area contributed by atoms with Crippen molar-refractivity contribution < 1.29 is 30.6 Å². The lowest BCUT2D eigenvalue weighted by atomic mass is 10.2. The van der Waals surface area contributed by atoms with Crippen molar-refractivity contribution in [1.82, 2.24) is 0 Å². The van der Waals surface area contributed by atoms with Crippen LogP contribution in [0.5, 0.6) is 34.5 Å². The molecule has 0 unspecified atom stereocenters.